The summed E-state index contributed by atoms with van der Waals surface area (Å²) in [6.45, 7) is 0.350. The van der Waals surface area contributed by atoms with Gasteiger partial charge in [0.2, 0.25) is 11.8 Å². The number of benzene rings is 1. The van der Waals surface area contributed by atoms with Crippen LogP contribution in [0.2, 0.25) is 0 Å². The van der Waals surface area contributed by atoms with Gasteiger partial charge in [-0.25, -0.2) is 5.43 Å². The third-order valence-electron chi connectivity index (χ3n) is 3.54. The third-order valence-corrected chi connectivity index (χ3v) is 4.07. The first-order chi connectivity index (χ1) is 11.1. The summed E-state index contributed by atoms with van der Waals surface area (Å²) >= 11 is 3.36. The molecule has 23 heavy (non-hydrogen) atoms. The molecule has 118 valence electrons. The number of hydrogen-bond acceptors (Lipinski definition) is 4. The molecule has 1 aliphatic rings. The van der Waals surface area contributed by atoms with Crippen molar-refractivity contribution >= 4 is 39.6 Å². The molecule has 0 radical (unpaired) electrons. The van der Waals surface area contributed by atoms with E-state index in [0.717, 1.165) is 10.2 Å². The van der Waals surface area contributed by atoms with Crippen LogP contribution in [0.5, 0.6) is 0 Å². The molecule has 1 saturated heterocycles. The van der Waals surface area contributed by atoms with Crippen molar-refractivity contribution < 1.29 is 14.0 Å². The highest BCUT2D eigenvalue weighted by molar-refractivity contribution is 9.10. The van der Waals surface area contributed by atoms with E-state index in [0.29, 0.717) is 12.3 Å². The van der Waals surface area contributed by atoms with Crippen molar-refractivity contribution in [1.82, 2.24) is 5.43 Å². The second kappa shape index (κ2) is 6.78. The van der Waals surface area contributed by atoms with E-state index in [2.05, 4.69) is 26.5 Å². The van der Waals surface area contributed by atoms with E-state index in [1.807, 2.05) is 24.3 Å². The van der Waals surface area contributed by atoms with Gasteiger partial charge in [-0.2, -0.15) is 5.10 Å². The first kappa shape index (κ1) is 15.5. The van der Waals surface area contributed by atoms with Crippen LogP contribution >= 0.6 is 15.9 Å². The van der Waals surface area contributed by atoms with Crippen LogP contribution in [0.4, 0.5) is 5.69 Å². The summed E-state index contributed by atoms with van der Waals surface area (Å²) in [6, 6.07) is 10.9. The predicted octanol–water partition coefficient (Wildman–Crippen LogP) is 2.55. The zero-order valence-corrected chi connectivity index (χ0v) is 13.7. The fourth-order valence-electron chi connectivity index (χ4n) is 2.37. The van der Waals surface area contributed by atoms with Gasteiger partial charge in [-0.05, 0) is 36.4 Å². The van der Waals surface area contributed by atoms with Gasteiger partial charge in [0.05, 0.1) is 18.4 Å². The Balaban J connectivity index is 1.60. The van der Waals surface area contributed by atoms with E-state index >= 15 is 0 Å². The quantitative estimate of drug-likeness (QED) is 0.658. The molecule has 1 atom stereocenters. The van der Waals surface area contributed by atoms with Crippen LogP contribution in [0.3, 0.4) is 0 Å². The van der Waals surface area contributed by atoms with Crippen LogP contribution in [-0.4, -0.2) is 24.6 Å². The van der Waals surface area contributed by atoms with Crippen molar-refractivity contribution in [2.24, 2.45) is 11.0 Å². The molecule has 0 saturated carbocycles. The number of furan rings is 1. The molecule has 1 aromatic carbocycles. The number of amides is 2. The van der Waals surface area contributed by atoms with E-state index in [4.69, 9.17) is 4.42 Å². The Labute approximate surface area is 141 Å². The van der Waals surface area contributed by atoms with Gasteiger partial charge in [0.15, 0.2) is 0 Å². The van der Waals surface area contributed by atoms with Gasteiger partial charge in [0.1, 0.15) is 5.76 Å². The van der Waals surface area contributed by atoms with E-state index in [1.54, 1.807) is 17.0 Å². The number of rotatable bonds is 4. The SMILES string of the molecule is O=C(N/N=C\c1ccco1)[C@@H]1CC(=O)N(c2ccc(Br)cc2)C1. The van der Waals surface area contributed by atoms with Crippen molar-refractivity contribution in [3.05, 3.63) is 52.9 Å². The second-order valence-electron chi connectivity index (χ2n) is 5.13. The number of nitrogens with zero attached hydrogens (tertiary/aromatic N) is 2. The van der Waals surface area contributed by atoms with Crippen LogP contribution in [-0.2, 0) is 9.59 Å². The minimum atomic E-state index is -0.417. The number of carbonyl (C=O) groups excluding carboxylic acids is 2. The summed E-state index contributed by atoms with van der Waals surface area (Å²) in [4.78, 5) is 25.8. The molecule has 0 bridgehead atoms. The zero-order chi connectivity index (χ0) is 16.2. The Morgan fingerprint density at radius 3 is 2.83 bits per heavy atom. The fourth-order valence-corrected chi connectivity index (χ4v) is 2.63. The number of hydrazone groups is 1. The van der Waals surface area contributed by atoms with Gasteiger partial charge < -0.3 is 9.32 Å². The molecular weight excluding hydrogens is 362 g/mol. The van der Waals surface area contributed by atoms with Gasteiger partial charge in [-0.15, -0.1) is 0 Å². The summed E-state index contributed by atoms with van der Waals surface area (Å²) in [5.74, 6) is -0.215. The topological polar surface area (TPSA) is 74.9 Å². The zero-order valence-electron chi connectivity index (χ0n) is 12.1. The average molecular weight is 376 g/mol. The van der Waals surface area contributed by atoms with Crippen molar-refractivity contribution in [1.29, 1.82) is 0 Å². The van der Waals surface area contributed by atoms with Crippen LogP contribution in [0, 0.1) is 5.92 Å². The molecule has 1 aromatic heterocycles. The highest BCUT2D eigenvalue weighted by atomic mass is 79.9. The maximum atomic E-state index is 12.1. The van der Waals surface area contributed by atoms with E-state index < -0.39 is 5.92 Å². The highest BCUT2D eigenvalue weighted by Crippen LogP contribution is 2.26. The first-order valence-corrected chi connectivity index (χ1v) is 7.85. The molecule has 2 amide bonds. The fraction of sp³-hybridized carbons (Fsp3) is 0.188. The lowest BCUT2D eigenvalue weighted by Crippen LogP contribution is -2.30. The minimum absolute atomic E-state index is 0.0671. The summed E-state index contributed by atoms with van der Waals surface area (Å²) in [7, 11) is 0. The molecule has 1 aliphatic heterocycles. The average Bonchev–Trinajstić information content (AvgIpc) is 3.18. The molecule has 0 aliphatic carbocycles. The summed E-state index contributed by atoms with van der Waals surface area (Å²) in [5, 5.41) is 3.84. The number of halogens is 1. The van der Waals surface area contributed by atoms with Gasteiger partial charge in [-0.1, -0.05) is 15.9 Å². The molecule has 2 heterocycles. The maximum Gasteiger partial charge on any atom is 0.245 e. The highest BCUT2D eigenvalue weighted by Gasteiger charge is 2.35. The predicted molar refractivity (Wildman–Crippen MR) is 89.0 cm³/mol. The maximum absolute atomic E-state index is 12.1. The van der Waals surface area contributed by atoms with E-state index in [1.165, 1.54) is 12.5 Å². The molecule has 0 unspecified atom stereocenters. The lowest BCUT2D eigenvalue weighted by molar-refractivity contribution is -0.126. The Morgan fingerprint density at radius 1 is 1.35 bits per heavy atom. The Hall–Kier alpha value is -2.41. The number of carbonyl (C=O) groups is 2. The first-order valence-electron chi connectivity index (χ1n) is 7.06. The molecule has 1 N–H and O–H groups in total. The van der Waals surface area contributed by atoms with Gasteiger partial charge in [0, 0.05) is 23.1 Å². The molecule has 0 spiro atoms. The van der Waals surface area contributed by atoms with E-state index in [9.17, 15) is 9.59 Å². The number of anilines is 1. The molecular formula is C16H14BrN3O3. The summed E-state index contributed by atoms with van der Waals surface area (Å²) < 4.78 is 6.01. The molecule has 1 fully saturated rings. The number of hydrogen-bond donors (Lipinski definition) is 1. The van der Waals surface area contributed by atoms with Crippen LogP contribution in [0.1, 0.15) is 12.2 Å². The van der Waals surface area contributed by atoms with Gasteiger partial charge in [-0.3, -0.25) is 9.59 Å². The van der Waals surface area contributed by atoms with Crippen molar-refractivity contribution in [2.75, 3.05) is 11.4 Å². The van der Waals surface area contributed by atoms with Crippen molar-refractivity contribution in [3.63, 3.8) is 0 Å². The monoisotopic (exact) mass is 375 g/mol. The third kappa shape index (κ3) is 3.68. The Kier molecular flexibility index (Phi) is 4.57. The largest absolute Gasteiger partial charge is 0.463 e. The molecule has 2 aromatic rings. The Bertz CT molecular complexity index is 726. The lowest BCUT2D eigenvalue weighted by atomic mass is 10.1. The summed E-state index contributed by atoms with van der Waals surface area (Å²) in [6.07, 6.45) is 3.12. The Morgan fingerprint density at radius 2 is 2.13 bits per heavy atom. The van der Waals surface area contributed by atoms with Gasteiger partial charge >= 0.3 is 0 Å². The molecule has 6 nitrogen and oxygen atoms in total. The number of nitrogens with one attached hydrogen (secondary N) is 1. The van der Waals surface area contributed by atoms with E-state index in [-0.39, 0.29) is 18.2 Å². The molecule has 3 rings (SSSR count). The van der Waals surface area contributed by atoms with Crippen LogP contribution in [0.15, 0.2) is 56.7 Å². The lowest BCUT2D eigenvalue weighted by Gasteiger charge is -2.16. The van der Waals surface area contributed by atoms with Crippen LogP contribution in [0.25, 0.3) is 0 Å². The normalized spacial score (nSPS) is 17.9. The summed E-state index contributed by atoms with van der Waals surface area (Å²) in [5.41, 5.74) is 3.23. The molecule has 7 heteroatoms. The van der Waals surface area contributed by atoms with Gasteiger partial charge in [0.25, 0.3) is 0 Å². The second-order valence-corrected chi connectivity index (χ2v) is 6.05. The smallest absolute Gasteiger partial charge is 0.245 e. The van der Waals surface area contributed by atoms with Crippen LogP contribution < -0.4 is 10.3 Å². The standard InChI is InChI=1S/C16H14BrN3O3/c17-12-3-5-13(6-4-12)20-10-11(8-15(20)21)16(22)19-18-9-14-2-1-7-23-14/h1-7,9,11H,8,10H2,(H,19,22)/b18-9-/t11-/m1/s1. The van der Waals surface area contributed by atoms with Crippen molar-refractivity contribution in [2.45, 2.75) is 6.42 Å². The minimum Gasteiger partial charge on any atom is -0.463 e. The van der Waals surface area contributed by atoms with Crippen molar-refractivity contribution in [3.8, 4) is 0 Å².